The molecule has 0 saturated heterocycles. The van der Waals surface area contributed by atoms with Gasteiger partial charge in [-0.1, -0.05) is 6.07 Å². The van der Waals surface area contributed by atoms with Crippen LogP contribution in [0, 0.1) is 0 Å². The Balaban J connectivity index is 2.48. The zero-order chi connectivity index (χ0) is 8.39. The molecule has 0 aliphatic heterocycles. The molecule has 12 heavy (non-hydrogen) atoms. The maximum atomic E-state index is 4.27. The van der Waals surface area contributed by atoms with Crippen molar-refractivity contribution in [2.24, 2.45) is 0 Å². The third kappa shape index (κ3) is 1.38. The Bertz CT molecular complexity index is 365. The van der Waals surface area contributed by atoms with Crippen molar-refractivity contribution in [2.75, 3.05) is 0 Å². The third-order valence-corrected chi connectivity index (χ3v) is 2.01. The second kappa shape index (κ2) is 3.07. The predicted octanol–water partition coefficient (Wildman–Crippen LogP) is 2.77. The molecule has 0 atom stereocenters. The number of hydrogen-bond donors (Lipinski definition) is 1. The van der Waals surface area contributed by atoms with Gasteiger partial charge in [0.2, 0.25) is 0 Å². The Morgan fingerprint density at radius 1 is 1.00 bits per heavy atom. The summed E-state index contributed by atoms with van der Waals surface area (Å²) in [5, 5.41) is 0. The molecule has 2 aromatic rings. The molecule has 1 aromatic carbocycles. The largest absolute Gasteiger partial charge is 0.324 e. The van der Waals surface area contributed by atoms with Crippen molar-refractivity contribution in [2.45, 2.75) is 4.90 Å². The zero-order valence-corrected chi connectivity index (χ0v) is 7.41. The number of nitrogens with zero attached hydrogens (tertiary/aromatic N) is 1. The smallest absolute Gasteiger partial charge is 0.0460 e. The van der Waals surface area contributed by atoms with Crippen LogP contribution in [0.4, 0.5) is 0 Å². The van der Waals surface area contributed by atoms with Gasteiger partial charge in [-0.25, -0.2) is 0 Å². The molecule has 0 unspecified atom stereocenters. The lowest BCUT2D eigenvalue weighted by Gasteiger charge is -2.02. The van der Waals surface area contributed by atoms with Gasteiger partial charge in [0.05, 0.1) is 0 Å². The molecular weight excluding hydrogens is 166 g/mol. The number of hydrogen-bond acceptors (Lipinski definition) is 1. The number of benzene rings is 1. The fourth-order valence-corrected chi connectivity index (χ4v) is 1.38. The minimum Gasteiger partial charge on any atom is -0.324 e. The van der Waals surface area contributed by atoms with E-state index in [0.717, 1.165) is 10.6 Å². The molecule has 1 aromatic heterocycles. The van der Waals surface area contributed by atoms with E-state index in [1.165, 1.54) is 0 Å². The maximum Gasteiger partial charge on any atom is 0.0460 e. The minimum atomic E-state index is 0.987. The summed E-state index contributed by atoms with van der Waals surface area (Å²) in [7, 11) is 0. The molecule has 0 bridgehead atoms. The van der Waals surface area contributed by atoms with Crippen LogP contribution in [0.25, 0.3) is 5.69 Å². The van der Waals surface area contributed by atoms with Gasteiger partial charge in [-0.15, -0.1) is 12.6 Å². The summed E-state index contributed by atoms with van der Waals surface area (Å²) < 4.78 is 2.06. The molecule has 2 heteroatoms. The van der Waals surface area contributed by atoms with Crippen molar-refractivity contribution in [1.29, 1.82) is 0 Å². The van der Waals surface area contributed by atoms with Crippen molar-refractivity contribution in [3.63, 3.8) is 0 Å². The van der Waals surface area contributed by atoms with E-state index < -0.39 is 0 Å². The van der Waals surface area contributed by atoms with Crippen LogP contribution in [0.15, 0.2) is 53.7 Å². The van der Waals surface area contributed by atoms with Crippen LogP contribution < -0.4 is 0 Å². The van der Waals surface area contributed by atoms with E-state index in [2.05, 4.69) is 23.3 Å². The van der Waals surface area contributed by atoms with Crippen LogP contribution in [0.2, 0.25) is 0 Å². The molecule has 0 fully saturated rings. The Morgan fingerprint density at radius 2 is 1.75 bits per heavy atom. The van der Waals surface area contributed by atoms with Crippen molar-refractivity contribution in [3.05, 3.63) is 48.8 Å². The average molecular weight is 175 g/mol. The van der Waals surface area contributed by atoms with Crippen LogP contribution in [-0.4, -0.2) is 4.57 Å². The van der Waals surface area contributed by atoms with E-state index in [4.69, 9.17) is 0 Å². The Labute approximate surface area is 77.1 Å². The molecule has 0 saturated carbocycles. The third-order valence-electron chi connectivity index (χ3n) is 1.73. The second-order valence-electron chi connectivity index (χ2n) is 2.61. The summed E-state index contributed by atoms with van der Waals surface area (Å²) in [4.78, 5) is 0.987. The lowest BCUT2D eigenvalue weighted by atomic mass is 10.3. The first-order chi connectivity index (χ1) is 5.86. The van der Waals surface area contributed by atoms with Gasteiger partial charge in [-0.05, 0) is 30.3 Å². The van der Waals surface area contributed by atoms with Gasteiger partial charge in [0, 0.05) is 23.0 Å². The number of aromatic nitrogens is 1. The van der Waals surface area contributed by atoms with Crippen molar-refractivity contribution < 1.29 is 0 Å². The predicted molar refractivity (Wildman–Crippen MR) is 53.0 cm³/mol. The first-order valence-electron chi connectivity index (χ1n) is 3.78. The Hall–Kier alpha value is -1.15. The van der Waals surface area contributed by atoms with Crippen molar-refractivity contribution >= 4 is 12.6 Å². The first-order valence-corrected chi connectivity index (χ1v) is 4.23. The van der Waals surface area contributed by atoms with Crippen LogP contribution >= 0.6 is 12.6 Å². The van der Waals surface area contributed by atoms with Crippen LogP contribution in [0.1, 0.15) is 0 Å². The lowest BCUT2D eigenvalue weighted by molar-refractivity contribution is 1.07. The average Bonchev–Trinajstić information content (AvgIpc) is 2.56. The zero-order valence-electron chi connectivity index (χ0n) is 6.51. The van der Waals surface area contributed by atoms with Gasteiger partial charge >= 0.3 is 0 Å². The molecule has 1 heterocycles. The van der Waals surface area contributed by atoms with E-state index in [9.17, 15) is 0 Å². The Morgan fingerprint density at radius 3 is 2.42 bits per heavy atom. The second-order valence-corrected chi connectivity index (χ2v) is 3.13. The molecule has 0 radical (unpaired) electrons. The lowest BCUT2D eigenvalue weighted by Crippen LogP contribution is -1.87. The van der Waals surface area contributed by atoms with E-state index >= 15 is 0 Å². The molecule has 0 aliphatic rings. The summed E-state index contributed by atoms with van der Waals surface area (Å²) in [6, 6.07) is 12.1. The Kier molecular flexibility index (Phi) is 1.92. The highest BCUT2D eigenvalue weighted by Crippen LogP contribution is 2.12. The fraction of sp³-hybridized carbons (Fsp3) is 0. The van der Waals surface area contributed by atoms with Crippen LogP contribution in [-0.2, 0) is 0 Å². The maximum absolute atomic E-state index is 4.27. The van der Waals surface area contributed by atoms with Crippen LogP contribution in [0.5, 0.6) is 0 Å². The van der Waals surface area contributed by atoms with Gasteiger partial charge in [-0.2, -0.15) is 0 Å². The van der Waals surface area contributed by atoms with Gasteiger partial charge in [-0.3, -0.25) is 0 Å². The highest BCUT2D eigenvalue weighted by Gasteiger charge is 1.92. The molecular formula is C10H9NS. The molecule has 2 rings (SSSR count). The standard InChI is InChI=1S/C10H9NS/c12-10-5-3-4-9(8-10)11-6-1-2-7-11/h1-8,12H. The highest BCUT2D eigenvalue weighted by atomic mass is 32.1. The molecule has 0 aliphatic carbocycles. The van der Waals surface area contributed by atoms with Crippen molar-refractivity contribution in [3.8, 4) is 5.69 Å². The quantitative estimate of drug-likeness (QED) is 0.636. The molecule has 1 nitrogen and oxygen atoms in total. The first kappa shape index (κ1) is 7.50. The van der Waals surface area contributed by atoms with Gasteiger partial charge in [0.25, 0.3) is 0 Å². The summed E-state index contributed by atoms with van der Waals surface area (Å²) >= 11 is 4.27. The summed E-state index contributed by atoms with van der Waals surface area (Å²) in [6.45, 7) is 0. The topological polar surface area (TPSA) is 4.93 Å². The monoisotopic (exact) mass is 175 g/mol. The minimum absolute atomic E-state index is 0.987. The van der Waals surface area contributed by atoms with E-state index in [1.807, 2.05) is 42.7 Å². The molecule has 0 N–H and O–H groups in total. The number of thiol groups is 1. The summed E-state index contributed by atoms with van der Waals surface area (Å²) in [5.41, 5.74) is 1.15. The molecule has 60 valence electrons. The fourth-order valence-electron chi connectivity index (χ4n) is 1.16. The number of rotatable bonds is 1. The van der Waals surface area contributed by atoms with E-state index in [1.54, 1.807) is 0 Å². The normalized spacial score (nSPS) is 10.1. The molecule has 0 spiro atoms. The summed E-state index contributed by atoms with van der Waals surface area (Å²) in [6.07, 6.45) is 4.03. The van der Waals surface area contributed by atoms with Gasteiger partial charge < -0.3 is 4.57 Å². The van der Waals surface area contributed by atoms with Crippen LogP contribution in [0.3, 0.4) is 0 Å². The van der Waals surface area contributed by atoms with E-state index in [-0.39, 0.29) is 0 Å². The SMILES string of the molecule is Sc1cccc(-n2cccc2)c1. The summed E-state index contributed by atoms with van der Waals surface area (Å²) in [5.74, 6) is 0. The van der Waals surface area contributed by atoms with E-state index in [0.29, 0.717) is 0 Å². The van der Waals surface area contributed by atoms with Crippen molar-refractivity contribution in [1.82, 2.24) is 4.57 Å². The van der Waals surface area contributed by atoms with Gasteiger partial charge in [0.1, 0.15) is 0 Å². The highest BCUT2D eigenvalue weighted by molar-refractivity contribution is 7.80. The molecule has 0 amide bonds. The van der Waals surface area contributed by atoms with Gasteiger partial charge in [0.15, 0.2) is 0 Å².